The minimum absolute atomic E-state index is 0.0567. The van der Waals surface area contributed by atoms with Gasteiger partial charge < -0.3 is 10.2 Å². The molecule has 1 saturated heterocycles. The van der Waals surface area contributed by atoms with Crippen molar-refractivity contribution in [1.29, 1.82) is 0 Å². The van der Waals surface area contributed by atoms with Gasteiger partial charge in [0.2, 0.25) is 5.95 Å². The smallest absolute Gasteiger partial charge is 0.249 e. The molecule has 0 spiro atoms. The summed E-state index contributed by atoms with van der Waals surface area (Å²) in [5.41, 5.74) is 0.626. The third-order valence-corrected chi connectivity index (χ3v) is 4.40. The molecule has 1 aromatic heterocycles. The number of nitrogens with zero attached hydrogens (tertiary/aromatic N) is 4. The minimum atomic E-state index is -0.455. The number of aromatic nitrogens is 3. The fourth-order valence-corrected chi connectivity index (χ4v) is 3.10. The number of benzene rings is 1. The Morgan fingerprint density at radius 2 is 2.26 bits per heavy atom. The lowest BCUT2D eigenvalue weighted by atomic mass is 10.0. The van der Waals surface area contributed by atoms with Crippen molar-refractivity contribution in [1.82, 2.24) is 15.2 Å². The van der Waals surface area contributed by atoms with Gasteiger partial charge in [0.05, 0.1) is 11.2 Å². The van der Waals surface area contributed by atoms with Crippen molar-refractivity contribution in [2.45, 2.75) is 38.6 Å². The molecule has 1 atom stereocenters. The van der Waals surface area contributed by atoms with Crippen molar-refractivity contribution < 1.29 is 4.39 Å². The maximum Gasteiger partial charge on any atom is 0.249 e. The molecule has 1 fully saturated rings. The Morgan fingerprint density at radius 1 is 1.39 bits per heavy atom. The van der Waals surface area contributed by atoms with Gasteiger partial charge in [-0.1, -0.05) is 18.5 Å². The van der Waals surface area contributed by atoms with E-state index >= 15 is 0 Å². The maximum atomic E-state index is 13.2. The molecule has 1 unspecified atom stereocenters. The zero-order chi connectivity index (χ0) is 16.2. The van der Waals surface area contributed by atoms with Crippen molar-refractivity contribution in [2.75, 3.05) is 16.8 Å². The normalized spacial score (nSPS) is 18.0. The van der Waals surface area contributed by atoms with Crippen LogP contribution in [0.5, 0.6) is 0 Å². The van der Waals surface area contributed by atoms with Crippen LogP contribution in [0.1, 0.15) is 32.6 Å². The molecule has 0 radical (unpaired) electrons. The van der Waals surface area contributed by atoms with E-state index in [2.05, 4.69) is 32.3 Å². The summed E-state index contributed by atoms with van der Waals surface area (Å²) >= 11 is 5.79. The Morgan fingerprint density at radius 3 is 3.04 bits per heavy atom. The van der Waals surface area contributed by atoms with Crippen molar-refractivity contribution in [2.24, 2.45) is 0 Å². The summed E-state index contributed by atoms with van der Waals surface area (Å²) in [5, 5.41) is 11.1. The van der Waals surface area contributed by atoms with E-state index in [-0.39, 0.29) is 5.02 Å². The molecule has 3 rings (SSSR count). The summed E-state index contributed by atoms with van der Waals surface area (Å²) in [6.07, 6.45) is 6.37. The predicted molar refractivity (Wildman–Crippen MR) is 89.8 cm³/mol. The third-order valence-electron chi connectivity index (χ3n) is 4.11. The Labute approximate surface area is 139 Å². The van der Waals surface area contributed by atoms with Crippen molar-refractivity contribution in [3.63, 3.8) is 0 Å². The van der Waals surface area contributed by atoms with E-state index in [1.165, 1.54) is 25.0 Å². The van der Waals surface area contributed by atoms with Crippen LogP contribution in [0.2, 0.25) is 5.02 Å². The van der Waals surface area contributed by atoms with Crippen molar-refractivity contribution >= 4 is 29.1 Å². The summed E-state index contributed by atoms with van der Waals surface area (Å²) in [6.45, 7) is 3.18. The first kappa shape index (κ1) is 15.9. The summed E-state index contributed by atoms with van der Waals surface area (Å²) in [7, 11) is 0. The van der Waals surface area contributed by atoms with Gasteiger partial charge in [0.25, 0.3) is 0 Å². The molecular formula is C16H19ClFN5. The van der Waals surface area contributed by atoms with Gasteiger partial charge in [-0.15, -0.1) is 5.10 Å². The fourth-order valence-electron chi connectivity index (χ4n) is 2.92. The summed E-state index contributed by atoms with van der Waals surface area (Å²) in [5.74, 6) is 0.747. The van der Waals surface area contributed by atoms with Crippen LogP contribution in [0.4, 0.5) is 21.8 Å². The van der Waals surface area contributed by atoms with E-state index in [1.54, 1.807) is 12.3 Å². The van der Waals surface area contributed by atoms with Gasteiger partial charge in [-0.2, -0.15) is 10.1 Å². The average Bonchev–Trinajstić information content (AvgIpc) is 2.58. The van der Waals surface area contributed by atoms with Gasteiger partial charge in [0.1, 0.15) is 5.82 Å². The molecule has 122 valence electrons. The van der Waals surface area contributed by atoms with Crippen LogP contribution in [0.15, 0.2) is 24.4 Å². The van der Waals surface area contributed by atoms with Gasteiger partial charge in [-0.3, -0.25) is 0 Å². The Kier molecular flexibility index (Phi) is 4.91. The van der Waals surface area contributed by atoms with Crippen LogP contribution >= 0.6 is 11.6 Å². The first-order valence-corrected chi connectivity index (χ1v) is 8.23. The van der Waals surface area contributed by atoms with Crippen LogP contribution in [-0.4, -0.2) is 27.8 Å². The first-order chi connectivity index (χ1) is 11.2. The predicted octanol–water partition coefficient (Wildman–Crippen LogP) is 4.18. The second-order valence-electron chi connectivity index (χ2n) is 5.64. The van der Waals surface area contributed by atoms with Gasteiger partial charge in [-0.25, -0.2) is 4.39 Å². The fraction of sp³-hybridized carbons (Fsp3) is 0.438. The highest BCUT2D eigenvalue weighted by Gasteiger charge is 2.22. The maximum absolute atomic E-state index is 13.2. The standard InChI is InChI=1S/C16H19ClFN5/c1-2-12-5-3-4-8-23(12)15-10-19-22-16(21-15)20-11-6-7-14(18)13(17)9-11/h6-7,9-10,12H,2-5,8H2,1H3,(H,20,21,22). The lowest BCUT2D eigenvalue weighted by molar-refractivity contribution is 0.446. The highest BCUT2D eigenvalue weighted by Crippen LogP contribution is 2.26. The quantitative estimate of drug-likeness (QED) is 0.908. The number of rotatable bonds is 4. The summed E-state index contributed by atoms with van der Waals surface area (Å²) < 4.78 is 13.2. The molecule has 5 nitrogen and oxygen atoms in total. The number of anilines is 3. The van der Waals surface area contributed by atoms with Crippen molar-refractivity contribution in [3.05, 3.63) is 35.2 Å². The van der Waals surface area contributed by atoms with E-state index in [1.807, 2.05) is 0 Å². The zero-order valence-corrected chi connectivity index (χ0v) is 13.7. The van der Waals surface area contributed by atoms with E-state index in [0.29, 0.717) is 17.7 Å². The number of halogens is 2. The van der Waals surface area contributed by atoms with Gasteiger partial charge in [-0.05, 0) is 43.9 Å². The molecule has 23 heavy (non-hydrogen) atoms. The Balaban J connectivity index is 1.80. The first-order valence-electron chi connectivity index (χ1n) is 7.86. The lowest BCUT2D eigenvalue weighted by Crippen LogP contribution is -2.39. The van der Waals surface area contributed by atoms with E-state index in [9.17, 15) is 4.39 Å². The van der Waals surface area contributed by atoms with Crippen molar-refractivity contribution in [3.8, 4) is 0 Å². The molecule has 0 amide bonds. The summed E-state index contributed by atoms with van der Waals surface area (Å²) in [6, 6.07) is 4.89. The summed E-state index contributed by atoms with van der Waals surface area (Å²) in [4.78, 5) is 6.84. The number of hydrogen-bond acceptors (Lipinski definition) is 5. The molecule has 0 aliphatic carbocycles. The molecule has 7 heteroatoms. The zero-order valence-electron chi connectivity index (χ0n) is 13.0. The topological polar surface area (TPSA) is 53.9 Å². The molecular weight excluding hydrogens is 317 g/mol. The molecule has 2 heterocycles. The van der Waals surface area contributed by atoms with E-state index < -0.39 is 5.82 Å². The monoisotopic (exact) mass is 335 g/mol. The average molecular weight is 336 g/mol. The minimum Gasteiger partial charge on any atom is -0.352 e. The van der Waals surface area contributed by atoms with Crippen LogP contribution in [0.3, 0.4) is 0 Å². The van der Waals surface area contributed by atoms with E-state index in [4.69, 9.17) is 11.6 Å². The molecule has 1 aromatic carbocycles. The Hall–Kier alpha value is -1.95. The van der Waals surface area contributed by atoms with Crippen LogP contribution in [-0.2, 0) is 0 Å². The highest BCUT2D eigenvalue weighted by atomic mass is 35.5. The van der Waals surface area contributed by atoms with Gasteiger partial charge in [0.15, 0.2) is 5.82 Å². The second-order valence-corrected chi connectivity index (χ2v) is 6.05. The largest absolute Gasteiger partial charge is 0.352 e. The van der Waals surface area contributed by atoms with Crippen LogP contribution in [0.25, 0.3) is 0 Å². The van der Waals surface area contributed by atoms with Gasteiger partial charge >= 0.3 is 0 Å². The number of hydrogen-bond donors (Lipinski definition) is 1. The molecule has 0 bridgehead atoms. The van der Waals surface area contributed by atoms with Gasteiger partial charge in [0, 0.05) is 18.3 Å². The molecule has 1 aliphatic rings. The highest BCUT2D eigenvalue weighted by molar-refractivity contribution is 6.31. The second kappa shape index (κ2) is 7.08. The molecule has 2 aromatic rings. The van der Waals surface area contributed by atoms with E-state index in [0.717, 1.165) is 25.2 Å². The van der Waals surface area contributed by atoms with Crippen LogP contribution < -0.4 is 10.2 Å². The third kappa shape index (κ3) is 3.69. The number of piperidine rings is 1. The molecule has 0 saturated carbocycles. The SMILES string of the molecule is CCC1CCCCN1c1cnnc(Nc2ccc(F)c(Cl)c2)n1. The molecule has 1 aliphatic heterocycles. The molecule has 1 N–H and O–H groups in total. The van der Waals surface area contributed by atoms with Crippen LogP contribution in [0, 0.1) is 5.82 Å². The lowest BCUT2D eigenvalue weighted by Gasteiger charge is -2.35. The number of nitrogens with one attached hydrogen (secondary N) is 1. The Bertz CT molecular complexity index is 681.